The highest BCUT2D eigenvalue weighted by Crippen LogP contribution is 2.57. The van der Waals surface area contributed by atoms with Gasteiger partial charge in [0, 0.05) is 6.07 Å². The zero-order valence-electron chi connectivity index (χ0n) is 14.4. The second-order valence-electron chi connectivity index (χ2n) is 5.97. The van der Waals surface area contributed by atoms with Crippen LogP contribution in [0.15, 0.2) is 46.2 Å². The average molecular weight is 456 g/mol. The molecule has 0 N–H and O–H groups in total. The molecule has 0 bridgehead atoms. The fourth-order valence-corrected chi connectivity index (χ4v) is 5.34. The zero-order chi connectivity index (χ0) is 21.6. The van der Waals surface area contributed by atoms with E-state index >= 15 is 0 Å². The number of Topliss-reactive ketones (excluding diaryl/α,β-unsaturated/α-hetero) is 1. The molecule has 0 saturated carbocycles. The molecule has 0 fully saturated rings. The molecule has 1 aromatic carbocycles. The zero-order valence-corrected chi connectivity index (χ0v) is 16.0. The third-order valence-electron chi connectivity index (χ3n) is 3.99. The number of thioether (sulfide) groups is 2. The molecule has 2 heterocycles. The van der Waals surface area contributed by atoms with Crippen molar-refractivity contribution in [2.24, 2.45) is 0 Å². The van der Waals surface area contributed by atoms with Crippen LogP contribution in [0.1, 0.15) is 29.0 Å². The van der Waals surface area contributed by atoms with Gasteiger partial charge in [-0.1, -0.05) is 53.9 Å². The van der Waals surface area contributed by atoms with Crippen molar-refractivity contribution in [3.8, 4) is 0 Å². The lowest BCUT2D eigenvalue weighted by atomic mass is 10.1. The summed E-state index contributed by atoms with van der Waals surface area (Å²) in [5.74, 6) is -2.15. The summed E-state index contributed by atoms with van der Waals surface area (Å²) in [6.07, 6.45) is -10.5. The molecule has 3 nitrogen and oxygen atoms in total. The lowest BCUT2D eigenvalue weighted by molar-refractivity contribution is -0.103. The number of carbonyl (C=O) groups excluding carboxylic acids is 1. The SMILES string of the molecule is C[C@H](c1ccccc1)n1nc(F)cc1C(=O)C1SC(C(F)(F)F)=C(C(F)(F)F)S1. The van der Waals surface area contributed by atoms with Gasteiger partial charge in [0.2, 0.25) is 11.7 Å². The van der Waals surface area contributed by atoms with Crippen LogP contribution in [-0.2, 0) is 0 Å². The van der Waals surface area contributed by atoms with E-state index in [-0.39, 0.29) is 23.5 Å². The molecule has 29 heavy (non-hydrogen) atoms. The monoisotopic (exact) mass is 456 g/mol. The van der Waals surface area contributed by atoms with Gasteiger partial charge in [-0.2, -0.15) is 30.7 Å². The van der Waals surface area contributed by atoms with Crippen molar-refractivity contribution in [1.29, 1.82) is 0 Å². The van der Waals surface area contributed by atoms with E-state index < -0.39 is 50.2 Å². The first-order valence-corrected chi connectivity index (χ1v) is 9.71. The Balaban J connectivity index is 1.93. The van der Waals surface area contributed by atoms with Crippen LogP contribution in [0.4, 0.5) is 30.7 Å². The number of alkyl halides is 6. The summed E-state index contributed by atoms with van der Waals surface area (Å²) >= 11 is -0.469. The van der Waals surface area contributed by atoms with E-state index in [9.17, 15) is 35.5 Å². The summed E-state index contributed by atoms with van der Waals surface area (Å²) in [6, 6.07) is 8.47. The van der Waals surface area contributed by atoms with Crippen LogP contribution in [-0.4, -0.2) is 32.5 Å². The summed E-state index contributed by atoms with van der Waals surface area (Å²) in [7, 11) is 0. The number of carbonyl (C=O) groups is 1. The number of rotatable bonds is 4. The average Bonchev–Trinajstić information content (AvgIpc) is 3.25. The molecule has 1 aliphatic heterocycles. The molecule has 0 aliphatic carbocycles. The predicted molar refractivity (Wildman–Crippen MR) is 94.9 cm³/mol. The first-order chi connectivity index (χ1) is 13.4. The maximum Gasteiger partial charge on any atom is 0.423 e. The maximum absolute atomic E-state index is 13.8. The minimum atomic E-state index is -5.26. The molecular formula is C17H11F7N2OS2. The molecule has 0 amide bonds. The molecule has 156 valence electrons. The molecule has 1 aliphatic rings. The van der Waals surface area contributed by atoms with Gasteiger partial charge < -0.3 is 0 Å². The van der Waals surface area contributed by atoms with E-state index in [0.29, 0.717) is 11.6 Å². The lowest BCUT2D eigenvalue weighted by Crippen LogP contribution is -2.21. The molecule has 0 spiro atoms. The second-order valence-corrected chi connectivity index (χ2v) is 8.50. The first-order valence-electron chi connectivity index (χ1n) is 7.95. The van der Waals surface area contributed by atoms with E-state index in [1.165, 1.54) is 0 Å². The lowest BCUT2D eigenvalue weighted by Gasteiger charge is -2.17. The van der Waals surface area contributed by atoms with Gasteiger partial charge in [-0.15, -0.1) is 5.10 Å². The number of nitrogens with zero attached hydrogens (tertiary/aromatic N) is 2. The first kappa shape index (κ1) is 21.8. The van der Waals surface area contributed by atoms with Crippen molar-refractivity contribution in [1.82, 2.24) is 9.78 Å². The summed E-state index contributed by atoms with van der Waals surface area (Å²) in [6.45, 7) is 1.58. The van der Waals surface area contributed by atoms with E-state index in [1.807, 2.05) is 0 Å². The van der Waals surface area contributed by atoms with Crippen LogP contribution in [0.3, 0.4) is 0 Å². The van der Waals surface area contributed by atoms with Crippen molar-refractivity contribution in [3.05, 3.63) is 63.4 Å². The topological polar surface area (TPSA) is 34.9 Å². The van der Waals surface area contributed by atoms with Crippen molar-refractivity contribution < 1.29 is 35.5 Å². The van der Waals surface area contributed by atoms with Crippen molar-refractivity contribution >= 4 is 29.3 Å². The largest absolute Gasteiger partial charge is 0.423 e. The van der Waals surface area contributed by atoms with E-state index in [2.05, 4.69) is 5.10 Å². The van der Waals surface area contributed by atoms with Gasteiger partial charge >= 0.3 is 12.4 Å². The number of hydrogen-bond donors (Lipinski definition) is 0. The number of benzene rings is 1. The van der Waals surface area contributed by atoms with Crippen LogP contribution >= 0.6 is 23.5 Å². The Morgan fingerprint density at radius 2 is 1.55 bits per heavy atom. The van der Waals surface area contributed by atoms with Crippen LogP contribution in [0.25, 0.3) is 0 Å². The van der Waals surface area contributed by atoms with E-state index in [0.717, 1.165) is 4.68 Å². The normalized spacial score (nSPS) is 17.1. The number of aromatic nitrogens is 2. The minimum Gasteiger partial charge on any atom is -0.290 e. The van der Waals surface area contributed by atoms with Crippen LogP contribution < -0.4 is 0 Å². The highest BCUT2D eigenvalue weighted by Gasteiger charge is 2.53. The fraction of sp³-hybridized carbons (Fsp3) is 0.294. The van der Waals surface area contributed by atoms with Crippen molar-refractivity contribution in [2.45, 2.75) is 29.9 Å². The third kappa shape index (κ3) is 4.47. The van der Waals surface area contributed by atoms with Gasteiger partial charge in [0.1, 0.15) is 20.1 Å². The summed E-state index contributed by atoms with van der Waals surface area (Å²) in [5, 5.41) is 3.57. The molecule has 0 radical (unpaired) electrons. The smallest absolute Gasteiger partial charge is 0.290 e. The van der Waals surface area contributed by atoms with Crippen LogP contribution in [0.5, 0.6) is 0 Å². The summed E-state index contributed by atoms with van der Waals surface area (Å²) < 4.78 is 91.2. The Labute approximate surface area is 168 Å². The molecule has 2 aromatic rings. The second kappa shape index (κ2) is 7.71. The third-order valence-corrected chi connectivity index (χ3v) is 6.90. The fourth-order valence-electron chi connectivity index (χ4n) is 2.68. The molecular weight excluding hydrogens is 445 g/mol. The number of ketones is 1. The Hall–Kier alpha value is -1.95. The number of allylic oxidation sites excluding steroid dienone is 2. The van der Waals surface area contributed by atoms with Crippen LogP contribution in [0, 0.1) is 5.95 Å². The highest BCUT2D eigenvalue weighted by molar-refractivity contribution is 8.24. The standard InChI is InChI=1S/C17H11F7N2OS2/c1-8(9-5-3-2-4-6-9)26-10(7-11(18)25-26)12(27)15-28-13(16(19,20)21)14(29-15)17(22,23)24/h2-8,15H,1H3/t8-/m1/s1. The van der Waals surface area contributed by atoms with Gasteiger partial charge in [0.25, 0.3) is 0 Å². The predicted octanol–water partition coefficient (Wildman–Crippen LogP) is 5.96. The molecule has 0 unspecified atom stereocenters. The van der Waals surface area contributed by atoms with Gasteiger partial charge in [-0.05, 0) is 12.5 Å². The number of hydrogen-bond acceptors (Lipinski definition) is 4. The van der Waals surface area contributed by atoms with Crippen molar-refractivity contribution in [2.75, 3.05) is 0 Å². The maximum atomic E-state index is 13.8. The summed E-state index contributed by atoms with van der Waals surface area (Å²) in [4.78, 5) is 8.97. The van der Waals surface area contributed by atoms with E-state index in [1.54, 1.807) is 37.3 Å². The highest BCUT2D eigenvalue weighted by atomic mass is 32.2. The molecule has 1 atom stereocenters. The summed E-state index contributed by atoms with van der Waals surface area (Å²) in [5.41, 5.74) is 0.218. The Bertz CT molecular complexity index is 925. The van der Waals surface area contributed by atoms with Gasteiger partial charge in [0.05, 0.1) is 6.04 Å². The number of halogens is 7. The van der Waals surface area contributed by atoms with Gasteiger partial charge in [0.15, 0.2) is 0 Å². The Morgan fingerprint density at radius 3 is 2.03 bits per heavy atom. The van der Waals surface area contributed by atoms with E-state index in [4.69, 9.17) is 0 Å². The minimum absolute atomic E-state index is 0.235. The molecule has 12 heteroatoms. The molecule has 0 saturated heterocycles. The molecule has 1 aromatic heterocycles. The van der Waals surface area contributed by atoms with Gasteiger partial charge in [-0.3, -0.25) is 9.48 Å². The Kier molecular flexibility index (Phi) is 5.78. The van der Waals surface area contributed by atoms with Gasteiger partial charge in [-0.25, -0.2) is 0 Å². The van der Waals surface area contributed by atoms with Crippen molar-refractivity contribution in [3.63, 3.8) is 0 Å². The Morgan fingerprint density at radius 1 is 1.03 bits per heavy atom. The van der Waals surface area contributed by atoms with Crippen LogP contribution in [0.2, 0.25) is 0 Å². The molecule has 3 rings (SSSR count). The quantitative estimate of drug-likeness (QED) is 0.420.